The van der Waals surface area contributed by atoms with Crippen LogP contribution in [0.2, 0.25) is 0 Å². The number of hydrogen-bond acceptors (Lipinski definition) is 3. The normalized spacial score (nSPS) is 30.0. The quantitative estimate of drug-likeness (QED) is 0.874. The summed E-state index contributed by atoms with van der Waals surface area (Å²) in [5.41, 5.74) is 1.30. The van der Waals surface area contributed by atoms with E-state index in [1.165, 1.54) is 31.2 Å². The van der Waals surface area contributed by atoms with Gasteiger partial charge < -0.3 is 15.2 Å². The van der Waals surface area contributed by atoms with Crippen LogP contribution in [-0.2, 0) is 11.2 Å². The van der Waals surface area contributed by atoms with Crippen LogP contribution in [0.3, 0.4) is 0 Å². The molecule has 116 valence electrons. The van der Waals surface area contributed by atoms with Gasteiger partial charge in [-0.2, -0.15) is 0 Å². The van der Waals surface area contributed by atoms with E-state index in [4.69, 9.17) is 4.74 Å². The largest absolute Gasteiger partial charge is 0.508 e. The van der Waals surface area contributed by atoms with E-state index >= 15 is 0 Å². The maximum absolute atomic E-state index is 9.31. The Balaban J connectivity index is 1.47. The second-order valence-corrected chi connectivity index (χ2v) is 6.67. The maximum atomic E-state index is 9.31. The zero-order chi connectivity index (χ0) is 14.7. The lowest BCUT2D eigenvalue weighted by atomic mass is 9.81. The molecule has 2 N–H and O–H groups in total. The Morgan fingerprint density at radius 1 is 1.24 bits per heavy atom. The van der Waals surface area contributed by atoms with E-state index in [9.17, 15) is 5.11 Å². The first-order chi connectivity index (χ1) is 10.2. The molecule has 0 spiro atoms. The van der Waals surface area contributed by atoms with E-state index in [2.05, 4.69) is 12.2 Å². The van der Waals surface area contributed by atoms with E-state index < -0.39 is 0 Å². The predicted molar refractivity (Wildman–Crippen MR) is 84.5 cm³/mol. The zero-order valence-electron chi connectivity index (χ0n) is 12.9. The minimum Gasteiger partial charge on any atom is -0.508 e. The van der Waals surface area contributed by atoms with Crippen molar-refractivity contribution in [2.75, 3.05) is 6.61 Å². The maximum Gasteiger partial charge on any atom is 0.115 e. The lowest BCUT2D eigenvalue weighted by Gasteiger charge is -2.35. The molecule has 0 bridgehead atoms. The Morgan fingerprint density at radius 3 is 2.86 bits per heavy atom. The minimum atomic E-state index is 0.347. The first-order valence-corrected chi connectivity index (χ1v) is 8.38. The lowest BCUT2D eigenvalue weighted by molar-refractivity contribution is 0.0513. The molecule has 4 atom stereocenters. The SMILES string of the molecule is CC(CCc1ccc(O)cc1)NC1CCCC2OCCC12. The van der Waals surface area contributed by atoms with Crippen molar-refractivity contribution in [2.45, 2.75) is 63.6 Å². The molecule has 1 saturated heterocycles. The minimum absolute atomic E-state index is 0.347. The van der Waals surface area contributed by atoms with Gasteiger partial charge in [0.2, 0.25) is 0 Å². The third-order valence-electron chi connectivity index (χ3n) is 5.08. The fraction of sp³-hybridized carbons (Fsp3) is 0.667. The number of phenolic OH excluding ortho intramolecular Hbond substituents is 1. The molecule has 0 amide bonds. The Hall–Kier alpha value is -1.06. The zero-order valence-corrected chi connectivity index (χ0v) is 12.9. The molecule has 3 rings (SSSR count). The van der Waals surface area contributed by atoms with Crippen LogP contribution in [0.15, 0.2) is 24.3 Å². The molecule has 1 aliphatic carbocycles. The molecule has 21 heavy (non-hydrogen) atoms. The van der Waals surface area contributed by atoms with E-state index in [-0.39, 0.29) is 0 Å². The Morgan fingerprint density at radius 2 is 2.05 bits per heavy atom. The van der Waals surface area contributed by atoms with Gasteiger partial charge in [0.15, 0.2) is 0 Å². The predicted octanol–water partition coefficient (Wildman–Crippen LogP) is 3.26. The molecule has 2 fully saturated rings. The van der Waals surface area contributed by atoms with Crippen molar-refractivity contribution in [1.29, 1.82) is 0 Å². The van der Waals surface area contributed by atoms with Crippen molar-refractivity contribution in [2.24, 2.45) is 5.92 Å². The summed E-state index contributed by atoms with van der Waals surface area (Å²) in [7, 11) is 0. The van der Waals surface area contributed by atoms with E-state index in [0.717, 1.165) is 25.4 Å². The molecule has 1 aromatic carbocycles. The van der Waals surface area contributed by atoms with Gasteiger partial charge in [-0.05, 0) is 63.1 Å². The number of hydrogen-bond donors (Lipinski definition) is 2. The fourth-order valence-electron chi connectivity index (χ4n) is 3.88. The average Bonchev–Trinajstić information content (AvgIpc) is 2.96. The fourth-order valence-corrected chi connectivity index (χ4v) is 3.88. The molecule has 1 heterocycles. The van der Waals surface area contributed by atoms with Gasteiger partial charge >= 0.3 is 0 Å². The number of ether oxygens (including phenoxy) is 1. The summed E-state index contributed by atoms with van der Waals surface area (Å²) in [5.74, 6) is 1.08. The molecule has 1 saturated carbocycles. The molecule has 4 unspecified atom stereocenters. The molecule has 3 heteroatoms. The Bertz CT molecular complexity index is 445. The smallest absolute Gasteiger partial charge is 0.115 e. The lowest BCUT2D eigenvalue weighted by Crippen LogP contribution is -2.46. The van der Waals surface area contributed by atoms with Crippen LogP contribution in [0, 0.1) is 5.92 Å². The van der Waals surface area contributed by atoms with Gasteiger partial charge in [0.1, 0.15) is 5.75 Å². The summed E-state index contributed by atoms with van der Waals surface area (Å²) in [4.78, 5) is 0. The molecular formula is C18H27NO2. The van der Waals surface area contributed by atoms with Crippen molar-refractivity contribution in [3.05, 3.63) is 29.8 Å². The van der Waals surface area contributed by atoms with E-state index in [1.807, 2.05) is 12.1 Å². The van der Waals surface area contributed by atoms with Crippen LogP contribution in [0.25, 0.3) is 0 Å². The van der Waals surface area contributed by atoms with Gasteiger partial charge in [0.05, 0.1) is 6.10 Å². The summed E-state index contributed by atoms with van der Waals surface area (Å²) in [6.45, 7) is 3.25. The van der Waals surface area contributed by atoms with Crippen LogP contribution >= 0.6 is 0 Å². The highest BCUT2D eigenvalue weighted by atomic mass is 16.5. The summed E-state index contributed by atoms with van der Waals surface area (Å²) < 4.78 is 5.85. The Labute approximate surface area is 127 Å². The number of aromatic hydroxyl groups is 1. The highest BCUT2D eigenvalue weighted by Gasteiger charge is 2.37. The first-order valence-electron chi connectivity index (χ1n) is 8.38. The van der Waals surface area contributed by atoms with Crippen LogP contribution in [0.4, 0.5) is 0 Å². The third kappa shape index (κ3) is 3.78. The second kappa shape index (κ2) is 6.80. The monoisotopic (exact) mass is 289 g/mol. The number of rotatable bonds is 5. The number of benzene rings is 1. The van der Waals surface area contributed by atoms with Gasteiger partial charge in [-0.25, -0.2) is 0 Å². The topological polar surface area (TPSA) is 41.5 Å². The Kier molecular flexibility index (Phi) is 4.81. The van der Waals surface area contributed by atoms with Gasteiger partial charge in [-0.15, -0.1) is 0 Å². The summed E-state index contributed by atoms with van der Waals surface area (Å²) in [6.07, 6.45) is 7.79. The van der Waals surface area contributed by atoms with Crippen LogP contribution < -0.4 is 5.32 Å². The number of nitrogens with one attached hydrogen (secondary N) is 1. The summed E-state index contributed by atoms with van der Waals surface area (Å²) >= 11 is 0. The number of phenols is 1. The molecule has 2 aliphatic rings. The molecular weight excluding hydrogens is 262 g/mol. The highest BCUT2D eigenvalue weighted by molar-refractivity contribution is 5.25. The average molecular weight is 289 g/mol. The summed E-state index contributed by atoms with van der Waals surface area (Å²) in [6, 6.07) is 8.75. The summed E-state index contributed by atoms with van der Waals surface area (Å²) in [5, 5.41) is 13.2. The van der Waals surface area contributed by atoms with Gasteiger partial charge in [0, 0.05) is 24.6 Å². The molecule has 3 nitrogen and oxygen atoms in total. The van der Waals surface area contributed by atoms with Gasteiger partial charge in [-0.1, -0.05) is 12.1 Å². The van der Waals surface area contributed by atoms with Crippen molar-refractivity contribution in [3.63, 3.8) is 0 Å². The van der Waals surface area contributed by atoms with Crippen LogP contribution in [0.5, 0.6) is 5.75 Å². The molecule has 0 radical (unpaired) electrons. The van der Waals surface area contributed by atoms with Crippen molar-refractivity contribution >= 4 is 0 Å². The van der Waals surface area contributed by atoms with Gasteiger partial charge in [-0.3, -0.25) is 0 Å². The standard InChI is InChI=1S/C18H27NO2/c1-13(5-6-14-7-9-15(20)10-8-14)19-17-3-2-4-18-16(17)11-12-21-18/h7-10,13,16-20H,2-6,11-12H2,1H3. The third-order valence-corrected chi connectivity index (χ3v) is 5.08. The van der Waals surface area contributed by atoms with Crippen LogP contribution in [-0.4, -0.2) is 29.9 Å². The highest BCUT2D eigenvalue weighted by Crippen LogP contribution is 2.34. The second-order valence-electron chi connectivity index (χ2n) is 6.67. The van der Waals surface area contributed by atoms with Crippen molar-refractivity contribution < 1.29 is 9.84 Å². The molecule has 1 aliphatic heterocycles. The molecule has 0 aromatic heterocycles. The van der Waals surface area contributed by atoms with Crippen molar-refractivity contribution in [3.8, 4) is 5.75 Å². The number of aryl methyl sites for hydroxylation is 1. The van der Waals surface area contributed by atoms with E-state index in [0.29, 0.717) is 23.9 Å². The van der Waals surface area contributed by atoms with Crippen LogP contribution in [0.1, 0.15) is 44.6 Å². The van der Waals surface area contributed by atoms with Crippen molar-refractivity contribution in [1.82, 2.24) is 5.32 Å². The van der Waals surface area contributed by atoms with E-state index in [1.54, 1.807) is 12.1 Å². The molecule has 1 aromatic rings. The first kappa shape index (κ1) is 14.9. The number of fused-ring (bicyclic) bond motifs is 1. The van der Waals surface area contributed by atoms with Gasteiger partial charge in [0.25, 0.3) is 0 Å².